The highest BCUT2D eigenvalue weighted by molar-refractivity contribution is 7.22. The molecule has 2 atom stereocenters. The van der Waals surface area contributed by atoms with Crippen LogP contribution < -0.4 is 11.1 Å². The Morgan fingerprint density at radius 2 is 2.00 bits per heavy atom. The van der Waals surface area contributed by atoms with Gasteiger partial charge >= 0.3 is 5.97 Å². The van der Waals surface area contributed by atoms with Crippen LogP contribution in [-0.4, -0.2) is 39.5 Å². The molecule has 0 saturated heterocycles. The van der Waals surface area contributed by atoms with Crippen LogP contribution in [0.5, 0.6) is 0 Å². The van der Waals surface area contributed by atoms with Crippen molar-refractivity contribution in [1.82, 2.24) is 4.98 Å². The first kappa shape index (κ1) is 24.8. The van der Waals surface area contributed by atoms with Crippen molar-refractivity contribution in [1.29, 1.82) is 0 Å². The van der Waals surface area contributed by atoms with Gasteiger partial charge in [0.15, 0.2) is 0 Å². The molecule has 0 amide bonds. The largest absolute Gasteiger partial charge is 0.459 e. The van der Waals surface area contributed by atoms with Gasteiger partial charge in [0.25, 0.3) is 5.09 Å². The number of nitrogens with zero attached hydrogens (tertiary/aromatic N) is 2. The van der Waals surface area contributed by atoms with E-state index in [4.69, 9.17) is 15.3 Å². The summed E-state index contributed by atoms with van der Waals surface area (Å²) in [5.74, 6) is -1.08. The molecule has 1 fully saturated rings. The minimum Gasteiger partial charge on any atom is -0.459 e. The molecule has 0 spiro atoms. The summed E-state index contributed by atoms with van der Waals surface area (Å²) in [6.07, 6.45) is 5.39. The van der Waals surface area contributed by atoms with Crippen LogP contribution in [0.4, 0.5) is 5.00 Å². The lowest BCUT2D eigenvalue weighted by Gasteiger charge is -2.32. The molecule has 1 aliphatic carbocycles. The maximum Gasteiger partial charge on any atom is 0.338 e. The number of rotatable bonds is 10. The number of aliphatic hydroxyl groups excluding tert-OH is 1. The number of nitrogens with two attached hydrogens (primary N) is 1. The SMILES string of the molecule is NC[C@H](c1ccc(COC(=O)C2(O[N+](=O)[O-])CCCCC2)cc1)[C@H](O)Nc1cc2ccncc2s1. The zero-order chi connectivity index (χ0) is 24.8. The third-order valence-corrected chi connectivity index (χ3v) is 7.33. The number of fused-ring (bicyclic) bond motifs is 1. The molecule has 0 aliphatic heterocycles. The van der Waals surface area contributed by atoms with Crippen LogP contribution in [0.3, 0.4) is 0 Å². The molecular formula is C24H28N4O6S. The summed E-state index contributed by atoms with van der Waals surface area (Å²) >= 11 is 1.50. The fourth-order valence-corrected chi connectivity index (χ4v) is 5.35. The van der Waals surface area contributed by atoms with E-state index < -0.39 is 22.9 Å². The summed E-state index contributed by atoms with van der Waals surface area (Å²) in [4.78, 5) is 32.5. The molecule has 4 rings (SSSR count). The van der Waals surface area contributed by atoms with E-state index in [1.54, 1.807) is 24.5 Å². The Morgan fingerprint density at radius 1 is 1.26 bits per heavy atom. The summed E-state index contributed by atoms with van der Waals surface area (Å²) in [7, 11) is 0. The van der Waals surface area contributed by atoms with E-state index in [0.29, 0.717) is 18.4 Å². The Bertz CT molecular complexity index is 1130. The molecule has 11 heteroatoms. The van der Waals surface area contributed by atoms with Crippen molar-refractivity contribution in [3.05, 3.63) is 70.0 Å². The number of aliphatic hydroxyl groups is 1. The van der Waals surface area contributed by atoms with Gasteiger partial charge in [0, 0.05) is 24.9 Å². The molecule has 4 N–H and O–H groups in total. The van der Waals surface area contributed by atoms with Gasteiger partial charge in [0.2, 0.25) is 5.60 Å². The molecule has 2 heterocycles. The molecular weight excluding hydrogens is 472 g/mol. The molecule has 10 nitrogen and oxygen atoms in total. The van der Waals surface area contributed by atoms with Gasteiger partial charge in [-0.3, -0.25) is 9.82 Å². The fraction of sp³-hybridized carbons (Fsp3) is 0.417. The number of thiophene rings is 1. The first-order chi connectivity index (χ1) is 16.9. The third-order valence-electron chi connectivity index (χ3n) is 6.31. The lowest BCUT2D eigenvalue weighted by Crippen LogP contribution is -2.46. The van der Waals surface area contributed by atoms with Gasteiger partial charge in [-0.25, -0.2) is 4.79 Å². The number of anilines is 1. The Balaban J connectivity index is 1.37. The van der Waals surface area contributed by atoms with Gasteiger partial charge in [0.1, 0.15) is 12.8 Å². The second-order valence-corrected chi connectivity index (χ2v) is 9.73. The predicted molar refractivity (Wildman–Crippen MR) is 131 cm³/mol. The van der Waals surface area contributed by atoms with E-state index >= 15 is 0 Å². The van der Waals surface area contributed by atoms with Gasteiger partial charge in [-0.1, -0.05) is 43.5 Å². The normalized spacial score (nSPS) is 16.9. The topological polar surface area (TPSA) is 150 Å². The Labute approximate surface area is 206 Å². The molecule has 1 aromatic carbocycles. The summed E-state index contributed by atoms with van der Waals surface area (Å²) < 4.78 is 6.41. The van der Waals surface area contributed by atoms with Crippen LogP contribution in [0, 0.1) is 10.1 Å². The Hall–Kier alpha value is -3.28. The zero-order valence-corrected chi connectivity index (χ0v) is 19.9. The van der Waals surface area contributed by atoms with E-state index in [1.807, 2.05) is 24.3 Å². The molecule has 35 heavy (non-hydrogen) atoms. The van der Waals surface area contributed by atoms with Crippen LogP contribution in [0.2, 0.25) is 0 Å². The van der Waals surface area contributed by atoms with Gasteiger partial charge in [-0.15, -0.1) is 21.5 Å². The smallest absolute Gasteiger partial charge is 0.338 e. The second-order valence-electron chi connectivity index (χ2n) is 8.64. The number of ether oxygens (including phenoxy) is 1. The predicted octanol–water partition coefficient (Wildman–Crippen LogP) is 3.72. The minimum atomic E-state index is -1.52. The van der Waals surface area contributed by atoms with E-state index in [-0.39, 0.29) is 31.9 Å². The van der Waals surface area contributed by atoms with Crippen LogP contribution in [-0.2, 0) is 21.0 Å². The summed E-state index contributed by atoms with van der Waals surface area (Å²) in [6.45, 7) is 0.182. The fourth-order valence-electron chi connectivity index (χ4n) is 4.39. The third kappa shape index (κ3) is 5.87. The second kappa shape index (κ2) is 11.0. The zero-order valence-electron chi connectivity index (χ0n) is 19.1. The van der Waals surface area contributed by atoms with Crippen molar-refractivity contribution in [3.63, 3.8) is 0 Å². The quantitative estimate of drug-likeness (QED) is 0.164. The van der Waals surface area contributed by atoms with Crippen molar-refractivity contribution in [3.8, 4) is 0 Å². The Kier molecular flexibility index (Phi) is 7.79. The van der Waals surface area contributed by atoms with Crippen molar-refractivity contribution in [2.24, 2.45) is 5.73 Å². The van der Waals surface area contributed by atoms with E-state index in [1.165, 1.54) is 11.3 Å². The number of carbonyl (C=O) groups excluding carboxylic acids is 1. The summed E-state index contributed by atoms with van der Waals surface area (Å²) in [5, 5.41) is 25.8. The van der Waals surface area contributed by atoms with Gasteiger partial charge in [-0.2, -0.15) is 0 Å². The van der Waals surface area contributed by atoms with Gasteiger partial charge < -0.3 is 20.9 Å². The molecule has 0 radical (unpaired) electrons. The van der Waals surface area contributed by atoms with E-state index in [0.717, 1.165) is 27.1 Å². The van der Waals surface area contributed by atoms with E-state index in [9.17, 15) is 20.0 Å². The number of pyridine rings is 1. The first-order valence-electron chi connectivity index (χ1n) is 11.5. The maximum atomic E-state index is 12.7. The van der Waals surface area contributed by atoms with Crippen molar-refractivity contribution < 1.29 is 24.6 Å². The van der Waals surface area contributed by atoms with Gasteiger partial charge in [0.05, 0.1) is 9.70 Å². The lowest BCUT2D eigenvalue weighted by molar-refractivity contribution is -0.777. The monoisotopic (exact) mass is 500 g/mol. The number of hydrogen-bond acceptors (Lipinski definition) is 10. The highest BCUT2D eigenvalue weighted by Crippen LogP contribution is 2.34. The molecule has 3 aromatic rings. The van der Waals surface area contributed by atoms with Crippen molar-refractivity contribution in [2.75, 3.05) is 11.9 Å². The number of esters is 1. The number of nitrogens with one attached hydrogen (secondary N) is 1. The number of carbonyl (C=O) groups is 1. The molecule has 2 aromatic heterocycles. The molecule has 1 aliphatic rings. The number of hydrogen-bond donors (Lipinski definition) is 3. The first-order valence-corrected chi connectivity index (χ1v) is 12.3. The molecule has 0 unspecified atom stereocenters. The lowest BCUT2D eigenvalue weighted by atomic mass is 9.85. The van der Waals surface area contributed by atoms with Crippen molar-refractivity contribution >= 4 is 32.4 Å². The Morgan fingerprint density at radius 3 is 2.66 bits per heavy atom. The summed E-state index contributed by atoms with van der Waals surface area (Å²) in [5.41, 5.74) is 5.98. The maximum absolute atomic E-state index is 12.7. The molecule has 1 saturated carbocycles. The average molecular weight is 501 g/mol. The minimum absolute atomic E-state index is 0.0359. The molecule has 0 bridgehead atoms. The van der Waals surface area contributed by atoms with Crippen molar-refractivity contribution in [2.45, 2.75) is 56.5 Å². The highest BCUT2D eigenvalue weighted by atomic mass is 32.1. The number of aromatic nitrogens is 1. The van der Waals surface area contributed by atoms with E-state index in [2.05, 4.69) is 10.3 Å². The van der Waals surface area contributed by atoms with Crippen LogP contribution >= 0.6 is 11.3 Å². The van der Waals surface area contributed by atoms with Crippen LogP contribution in [0.15, 0.2) is 48.8 Å². The van der Waals surface area contributed by atoms with Crippen LogP contribution in [0.1, 0.15) is 49.1 Å². The standard InChI is InChI=1S/C24H28N4O6S/c25-13-19(22(29)27-21-12-18-8-11-26-14-20(18)35-21)17-6-4-16(5-7-17)15-33-23(30)24(34-28(31)32)9-2-1-3-10-24/h4-8,11-12,14,19,22,27,29H,1-3,9-10,13,15,25H2/t19-,22+/m1/s1. The number of benzene rings is 1. The summed E-state index contributed by atoms with van der Waals surface area (Å²) in [6, 6.07) is 11.1. The van der Waals surface area contributed by atoms with Crippen LogP contribution in [0.25, 0.3) is 10.1 Å². The van der Waals surface area contributed by atoms with Gasteiger partial charge in [-0.05, 0) is 41.5 Å². The average Bonchev–Trinajstić information content (AvgIpc) is 3.26. The molecule has 186 valence electrons. The highest BCUT2D eigenvalue weighted by Gasteiger charge is 2.45.